The van der Waals surface area contributed by atoms with Gasteiger partial charge in [0, 0.05) is 6.54 Å². The van der Waals surface area contributed by atoms with E-state index in [2.05, 4.69) is 10.6 Å². The highest BCUT2D eigenvalue weighted by Gasteiger charge is 2.19. The van der Waals surface area contributed by atoms with Crippen molar-refractivity contribution in [2.75, 3.05) is 18.1 Å². The Hall–Kier alpha value is -0.910. The third-order valence-corrected chi connectivity index (χ3v) is 3.95. The fourth-order valence-electron chi connectivity index (χ4n) is 1.74. The van der Waals surface area contributed by atoms with E-state index in [-0.39, 0.29) is 6.03 Å². The maximum atomic E-state index is 11.5. The zero-order valence-electron chi connectivity index (χ0n) is 10.1. The minimum atomic E-state index is -0.989. The molecule has 2 amide bonds. The molecule has 0 aromatic carbocycles. The average molecular weight is 260 g/mol. The number of carbonyl (C=O) groups excluding carboxylic acids is 1. The van der Waals surface area contributed by atoms with Crippen LogP contribution in [0.3, 0.4) is 0 Å². The monoisotopic (exact) mass is 260 g/mol. The van der Waals surface area contributed by atoms with Crippen molar-refractivity contribution in [3.8, 4) is 0 Å². The second-order valence-corrected chi connectivity index (χ2v) is 5.43. The van der Waals surface area contributed by atoms with E-state index < -0.39 is 12.0 Å². The van der Waals surface area contributed by atoms with E-state index in [1.165, 1.54) is 0 Å². The molecule has 0 aromatic heterocycles. The van der Waals surface area contributed by atoms with Gasteiger partial charge in [0.15, 0.2) is 0 Å². The Labute approximate surface area is 106 Å². The molecule has 6 heteroatoms. The number of hydrogen-bond acceptors (Lipinski definition) is 3. The number of thioether (sulfide) groups is 1. The van der Waals surface area contributed by atoms with E-state index in [0.717, 1.165) is 24.3 Å². The van der Waals surface area contributed by atoms with Gasteiger partial charge in [0.1, 0.15) is 6.04 Å². The molecular weight excluding hydrogens is 240 g/mol. The molecule has 1 saturated heterocycles. The molecule has 0 aliphatic carbocycles. The van der Waals surface area contributed by atoms with Crippen LogP contribution in [0.1, 0.15) is 26.2 Å². The van der Waals surface area contributed by atoms with Crippen LogP contribution in [0.15, 0.2) is 0 Å². The van der Waals surface area contributed by atoms with Crippen molar-refractivity contribution < 1.29 is 14.7 Å². The summed E-state index contributed by atoms with van der Waals surface area (Å²) in [4.78, 5) is 22.2. The van der Waals surface area contributed by atoms with Gasteiger partial charge in [-0.1, -0.05) is 6.92 Å². The van der Waals surface area contributed by atoms with E-state index in [0.29, 0.717) is 18.9 Å². The van der Waals surface area contributed by atoms with Crippen LogP contribution in [0, 0.1) is 5.92 Å². The van der Waals surface area contributed by atoms with Crippen molar-refractivity contribution in [3.63, 3.8) is 0 Å². The van der Waals surface area contributed by atoms with Gasteiger partial charge in [-0.25, -0.2) is 9.59 Å². The first-order valence-corrected chi connectivity index (χ1v) is 7.13. The molecule has 0 saturated carbocycles. The smallest absolute Gasteiger partial charge is 0.326 e. The van der Waals surface area contributed by atoms with Crippen LogP contribution >= 0.6 is 11.8 Å². The van der Waals surface area contributed by atoms with E-state index in [9.17, 15) is 9.59 Å². The number of aliphatic carboxylic acids is 1. The van der Waals surface area contributed by atoms with Gasteiger partial charge in [0.2, 0.25) is 0 Å². The van der Waals surface area contributed by atoms with Crippen LogP contribution in [0.25, 0.3) is 0 Å². The molecule has 1 atom stereocenters. The van der Waals surface area contributed by atoms with Crippen molar-refractivity contribution >= 4 is 23.8 Å². The number of hydrogen-bond donors (Lipinski definition) is 3. The quantitative estimate of drug-likeness (QED) is 0.696. The standard InChI is InChI=1S/C11H20N2O3S/c1-2-9(10(14)15)13-11(16)12-7-8-3-5-17-6-4-8/h8-9H,2-7H2,1H3,(H,14,15)(H2,12,13,16). The van der Waals surface area contributed by atoms with Gasteiger partial charge in [-0.2, -0.15) is 11.8 Å². The van der Waals surface area contributed by atoms with E-state index in [1.807, 2.05) is 11.8 Å². The molecule has 17 heavy (non-hydrogen) atoms. The lowest BCUT2D eigenvalue weighted by molar-refractivity contribution is -0.139. The second-order valence-electron chi connectivity index (χ2n) is 4.21. The predicted octanol–water partition coefficient (Wildman–Crippen LogP) is 1.29. The lowest BCUT2D eigenvalue weighted by Crippen LogP contribution is -2.46. The molecule has 1 aliphatic heterocycles. The molecular formula is C11H20N2O3S. The highest BCUT2D eigenvalue weighted by molar-refractivity contribution is 7.99. The lowest BCUT2D eigenvalue weighted by atomic mass is 10.0. The van der Waals surface area contributed by atoms with Crippen molar-refractivity contribution in [2.24, 2.45) is 5.92 Å². The fraction of sp³-hybridized carbons (Fsp3) is 0.818. The first-order valence-electron chi connectivity index (χ1n) is 5.98. The maximum absolute atomic E-state index is 11.5. The SMILES string of the molecule is CCC(NC(=O)NCC1CCSCC1)C(=O)O. The molecule has 0 bridgehead atoms. The number of urea groups is 1. The molecule has 0 radical (unpaired) electrons. The van der Waals surface area contributed by atoms with Crippen LogP contribution < -0.4 is 10.6 Å². The number of carboxylic acids is 1. The van der Waals surface area contributed by atoms with Crippen LogP contribution in [0.4, 0.5) is 4.79 Å². The Morgan fingerprint density at radius 2 is 2.06 bits per heavy atom. The second kappa shape index (κ2) is 7.42. The van der Waals surface area contributed by atoms with Gasteiger partial charge in [0.25, 0.3) is 0 Å². The number of carboxylic acid groups (broad SMARTS) is 1. The molecule has 0 aromatic rings. The summed E-state index contributed by atoms with van der Waals surface area (Å²) in [5.41, 5.74) is 0. The number of carbonyl (C=O) groups is 2. The first-order chi connectivity index (χ1) is 8.13. The van der Waals surface area contributed by atoms with Gasteiger partial charge in [0.05, 0.1) is 0 Å². The molecule has 1 aliphatic rings. The third-order valence-electron chi connectivity index (χ3n) is 2.90. The Balaban J connectivity index is 2.21. The highest BCUT2D eigenvalue weighted by atomic mass is 32.2. The van der Waals surface area contributed by atoms with Crippen LogP contribution in [0.5, 0.6) is 0 Å². The summed E-state index contributed by atoms with van der Waals surface area (Å²) in [5.74, 6) is 1.85. The number of amides is 2. The molecule has 0 spiro atoms. The summed E-state index contributed by atoms with van der Waals surface area (Å²) in [5, 5.41) is 14.0. The van der Waals surface area contributed by atoms with Crippen LogP contribution in [-0.4, -0.2) is 41.2 Å². The fourth-order valence-corrected chi connectivity index (χ4v) is 2.94. The number of nitrogens with one attached hydrogen (secondary N) is 2. The Bertz CT molecular complexity index is 267. The van der Waals surface area contributed by atoms with Crippen LogP contribution in [-0.2, 0) is 4.79 Å². The van der Waals surface area contributed by atoms with Gasteiger partial charge in [-0.15, -0.1) is 0 Å². The van der Waals surface area contributed by atoms with Crippen molar-refractivity contribution in [3.05, 3.63) is 0 Å². The van der Waals surface area contributed by atoms with Crippen LogP contribution in [0.2, 0.25) is 0 Å². The summed E-state index contributed by atoms with van der Waals surface area (Å²) < 4.78 is 0. The van der Waals surface area contributed by atoms with E-state index >= 15 is 0 Å². The molecule has 98 valence electrons. The zero-order valence-corrected chi connectivity index (χ0v) is 10.9. The summed E-state index contributed by atoms with van der Waals surface area (Å²) in [6.45, 7) is 2.37. The molecule has 3 N–H and O–H groups in total. The average Bonchev–Trinajstić information content (AvgIpc) is 2.34. The Morgan fingerprint density at radius 1 is 1.41 bits per heavy atom. The first kappa shape index (κ1) is 14.2. The maximum Gasteiger partial charge on any atom is 0.326 e. The van der Waals surface area contributed by atoms with Crippen molar-refractivity contribution in [1.29, 1.82) is 0 Å². The van der Waals surface area contributed by atoms with Gasteiger partial charge in [-0.3, -0.25) is 0 Å². The zero-order chi connectivity index (χ0) is 12.7. The topological polar surface area (TPSA) is 78.4 Å². The minimum absolute atomic E-state index is 0.377. The molecule has 1 rings (SSSR count). The molecule has 1 unspecified atom stereocenters. The lowest BCUT2D eigenvalue weighted by Gasteiger charge is -2.22. The predicted molar refractivity (Wildman–Crippen MR) is 68.3 cm³/mol. The van der Waals surface area contributed by atoms with E-state index in [1.54, 1.807) is 6.92 Å². The Kier molecular flexibility index (Phi) is 6.18. The molecule has 5 nitrogen and oxygen atoms in total. The van der Waals surface area contributed by atoms with Gasteiger partial charge >= 0.3 is 12.0 Å². The van der Waals surface area contributed by atoms with E-state index in [4.69, 9.17) is 5.11 Å². The Morgan fingerprint density at radius 3 is 2.59 bits per heavy atom. The normalized spacial score (nSPS) is 18.4. The molecule has 1 heterocycles. The summed E-state index contributed by atoms with van der Waals surface area (Å²) >= 11 is 1.95. The van der Waals surface area contributed by atoms with Gasteiger partial charge in [-0.05, 0) is 36.7 Å². The largest absolute Gasteiger partial charge is 0.480 e. The highest BCUT2D eigenvalue weighted by Crippen LogP contribution is 2.21. The number of rotatable bonds is 5. The van der Waals surface area contributed by atoms with Gasteiger partial charge < -0.3 is 15.7 Å². The summed E-state index contributed by atoms with van der Waals surface area (Å²) in [6, 6.07) is -1.17. The summed E-state index contributed by atoms with van der Waals surface area (Å²) in [6.07, 6.45) is 2.64. The van der Waals surface area contributed by atoms with Crippen molar-refractivity contribution in [1.82, 2.24) is 10.6 Å². The van der Waals surface area contributed by atoms with Crippen molar-refractivity contribution in [2.45, 2.75) is 32.2 Å². The summed E-state index contributed by atoms with van der Waals surface area (Å²) in [7, 11) is 0. The third kappa shape index (κ3) is 5.30. The molecule has 1 fully saturated rings. The minimum Gasteiger partial charge on any atom is -0.480 e.